The maximum absolute atomic E-state index is 5.74. The second-order valence-corrected chi connectivity index (χ2v) is 5.56. The van der Waals surface area contributed by atoms with Crippen molar-refractivity contribution in [3.63, 3.8) is 0 Å². The minimum atomic E-state index is -0.360. The predicted molar refractivity (Wildman–Crippen MR) is 74.2 cm³/mol. The van der Waals surface area contributed by atoms with E-state index >= 15 is 0 Å². The summed E-state index contributed by atoms with van der Waals surface area (Å²) in [4.78, 5) is 4.49. The second kappa shape index (κ2) is 7.15. The lowest BCUT2D eigenvalue weighted by Gasteiger charge is -2.35. The van der Waals surface area contributed by atoms with Crippen LogP contribution in [0, 0.1) is 5.92 Å². The quantitative estimate of drug-likeness (QED) is 0.770. The summed E-state index contributed by atoms with van der Waals surface area (Å²) in [7, 11) is 3.42. The van der Waals surface area contributed by atoms with Crippen LogP contribution in [0.1, 0.15) is 44.3 Å². The van der Waals surface area contributed by atoms with Gasteiger partial charge < -0.3 is 19.3 Å². The molecule has 0 radical (unpaired) electrons. The summed E-state index contributed by atoms with van der Waals surface area (Å²) in [6, 6.07) is 0. The Labute approximate surface area is 120 Å². The molecule has 1 aromatic heterocycles. The Hall–Kier alpha value is -0.980. The molecule has 6 nitrogen and oxygen atoms in total. The summed E-state index contributed by atoms with van der Waals surface area (Å²) in [6.45, 7) is 4.27. The van der Waals surface area contributed by atoms with Crippen LogP contribution in [0.2, 0.25) is 0 Å². The Morgan fingerprint density at radius 3 is 2.75 bits per heavy atom. The van der Waals surface area contributed by atoms with Crippen LogP contribution in [0.3, 0.4) is 0 Å². The number of nitrogens with one attached hydrogen (secondary N) is 1. The van der Waals surface area contributed by atoms with E-state index < -0.39 is 0 Å². The third-order valence-corrected chi connectivity index (χ3v) is 4.11. The molecular weight excluding hydrogens is 258 g/mol. The fourth-order valence-electron chi connectivity index (χ4n) is 2.63. The number of nitrogens with zero attached hydrogens (tertiary/aromatic N) is 2. The zero-order valence-electron chi connectivity index (χ0n) is 12.6. The highest BCUT2D eigenvalue weighted by Gasteiger charge is 2.40. The molecule has 6 heteroatoms. The molecule has 1 saturated carbocycles. The van der Waals surface area contributed by atoms with E-state index in [9.17, 15) is 0 Å². The highest BCUT2D eigenvalue weighted by atomic mass is 16.5. The van der Waals surface area contributed by atoms with E-state index in [-0.39, 0.29) is 5.60 Å². The molecular formula is C14H25N3O3. The van der Waals surface area contributed by atoms with Crippen molar-refractivity contribution in [2.45, 2.75) is 44.8 Å². The van der Waals surface area contributed by atoms with Crippen LogP contribution in [0.25, 0.3) is 0 Å². The second-order valence-electron chi connectivity index (χ2n) is 5.56. The van der Waals surface area contributed by atoms with E-state index in [0.29, 0.717) is 24.9 Å². The summed E-state index contributed by atoms with van der Waals surface area (Å²) in [5.41, 5.74) is -0.360. The predicted octanol–water partition coefficient (Wildman–Crippen LogP) is 1.86. The van der Waals surface area contributed by atoms with Gasteiger partial charge in [-0.15, -0.1) is 0 Å². The average molecular weight is 283 g/mol. The number of hydrogen-bond donors (Lipinski definition) is 1. The number of ether oxygens (including phenoxy) is 2. The maximum atomic E-state index is 5.74. The normalized spacial score (nSPS) is 26.9. The Bertz CT molecular complexity index is 400. The smallest absolute Gasteiger partial charge is 0.240 e. The molecule has 0 saturated heterocycles. The van der Waals surface area contributed by atoms with Gasteiger partial charge in [0.1, 0.15) is 5.60 Å². The van der Waals surface area contributed by atoms with Gasteiger partial charge in [0.25, 0.3) is 0 Å². The maximum Gasteiger partial charge on any atom is 0.240 e. The minimum absolute atomic E-state index is 0.360. The molecule has 1 aliphatic carbocycles. The lowest BCUT2D eigenvalue weighted by Crippen LogP contribution is -2.34. The fourth-order valence-corrected chi connectivity index (χ4v) is 2.63. The van der Waals surface area contributed by atoms with Crippen molar-refractivity contribution in [1.82, 2.24) is 15.5 Å². The van der Waals surface area contributed by atoms with Crippen LogP contribution in [0.5, 0.6) is 0 Å². The summed E-state index contributed by atoms with van der Waals surface area (Å²) < 4.78 is 16.0. The van der Waals surface area contributed by atoms with Crippen LogP contribution in [0.4, 0.5) is 0 Å². The molecule has 0 amide bonds. The van der Waals surface area contributed by atoms with E-state index in [1.807, 2.05) is 0 Å². The summed E-state index contributed by atoms with van der Waals surface area (Å²) >= 11 is 0. The molecule has 1 N–H and O–H groups in total. The molecule has 114 valence electrons. The van der Waals surface area contributed by atoms with Crippen molar-refractivity contribution in [3.05, 3.63) is 11.7 Å². The lowest BCUT2D eigenvalue weighted by atomic mass is 9.79. The van der Waals surface area contributed by atoms with Gasteiger partial charge in [-0.1, -0.05) is 12.1 Å². The van der Waals surface area contributed by atoms with Crippen molar-refractivity contribution in [3.8, 4) is 0 Å². The topological polar surface area (TPSA) is 69.4 Å². The molecule has 0 aromatic carbocycles. The molecule has 1 aromatic rings. The van der Waals surface area contributed by atoms with Crippen molar-refractivity contribution in [2.75, 3.05) is 27.4 Å². The summed E-state index contributed by atoms with van der Waals surface area (Å²) in [5, 5.41) is 7.32. The molecule has 0 unspecified atom stereocenters. The van der Waals surface area contributed by atoms with E-state index in [1.165, 1.54) is 0 Å². The Morgan fingerprint density at radius 2 is 2.10 bits per heavy atom. The van der Waals surface area contributed by atoms with Crippen LogP contribution >= 0.6 is 0 Å². The van der Waals surface area contributed by atoms with Gasteiger partial charge in [-0.3, -0.25) is 0 Å². The van der Waals surface area contributed by atoms with Gasteiger partial charge in [0, 0.05) is 20.8 Å². The first kappa shape index (κ1) is 15.4. The molecule has 1 fully saturated rings. The standard InChI is InChI=1S/C14H25N3O3/c1-11-4-6-14(19-3,7-5-11)13-16-12(20-17-13)10-15-8-9-18-2/h11,15H,4-10H2,1-3H3. The fraction of sp³-hybridized carbons (Fsp3) is 0.857. The van der Waals surface area contributed by atoms with E-state index in [2.05, 4.69) is 22.4 Å². The first-order valence-corrected chi connectivity index (χ1v) is 7.28. The first-order valence-electron chi connectivity index (χ1n) is 7.28. The van der Waals surface area contributed by atoms with Crippen molar-refractivity contribution >= 4 is 0 Å². The first-order chi connectivity index (χ1) is 9.70. The molecule has 1 heterocycles. The third kappa shape index (κ3) is 3.56. The zero-order valence-corrected chi connectivity index (χ0v) is 12.6. The van der Waals surface area contributed by atoms with Gasteiger partial charge in [-0.25, -0.2) is 0 Å². The molecule has 1 aliphatic rings. The van der Waals surface area contributed by atoms with Gasteiger partial charge in [0.05, 0.1) is 13.2 Å². The van der Waals surface area contributed by atoms with E-state index in [4.69, 9.17) is 14.0 Å². The Kier molecular flexibility index (Phi) is 5.51. The van der Waals surface area contributed by atoms with Gasteiger partial charge in [-0.2, -0.15) is 4.98 Å². The molecule has 0 bridgehead atoms. The van der Waals surface area contributed by atoms with Crippen LogP contribution < -0.4 is 5.32 Å². The number of rotatable bonds is 7. The number of methoxy groups -OCH3 is 2. The molecule has 20 heavy (non-hydrogen) atoms. The van der Waals surface area contributed by atoms with E-state index in [1.54, 1.807) is 14.2 Å². The lowest BCUT2D eigenvalue weighted by molar-refractivity contribution is -0.0609. The Morgan fingerprint density at radius 1 is 1.35 bits per heavy atom. The summed E-state index contributed by atoms with van der Waals surface area (Å²) in [6.07, 6.45) is 4.20. The van der Waals surface area contributed by atoms with E-state index in [0.717, 1.165) is 38.1 Å². The molecule has 0 aliphatic heterocycles. The average Bonchev–Trinajstić information content (AvgIpc) is 2.94. The van der Waals surface area contributed by atoms with Crippen molar-refractivity contribution in [1.29, 1.82) is 0 Å². The molecule has 0 spiro atoms. The number of aromatic nitrogens is 2. The van der Waals surface area contributed by atoms with Crippen LogP contribution in [-0.2, 0) is 21.6 Å². The highest BCUT2D eigenvalue weighted by molar-refractivity contribution is 5.03. The number of hydrogen-bond acceptors (Lipinski definition) is 6. The monoisotopic (exact) mass is 283 g/mol. The zero-order chi connectivity index (χ0) is 14.4. The largest absolute Gasteiger partial charge is 0.383 e. The summed E-state index contributed by atoms with van der Waals surface area (Å²) in [5.74, 6) is 2.04. The van der Waals surface area contributed by atoms with Gasteiger partial charge in [-0.05, 0) is 31.6 Å². The molecule has 0 atom stereocenters. The van der Waals surface area contributed by atoms with Crippen LogP contribution in [-0.4, -0.2) is 37.5 Å². The van der Waals surface area contributed by atoms with Gasteiger partial charge in [0.15, 0.2) is 0 Å². The highest BCUT2D eigenvalue weighted by Crippen LogP contribution is 2.40. The minimum Gasteiger partial charge on any atom is -0.383 e. The van der Waals surface area contributed by atoms with Crippen LogP contribution in [0.15, 0.2) is 4.52 Å². The molecule has 2 rings (SSSR count). The third-order valence-electron chi connectivity index (χ3n) is 4.11. The van der Waals surface area contributed by atoms with Gasteiger partial charge in [0.2, 0.25) is 11.7 Å². The Balaban J connectivity index is 1.95. The van der Waals surface area contributed by atoms with Crippen molar-refractivity contribution < 1.29 is 14.0 Å². The van der Waals surface area contributed by atoms with Gasteiger partial charge >= 0.3 is 0 Å². The SMILES string of the molecule is COCCNCc1nc(C2(OC)CCC(C)CC2)no1. The van der Waals surface area contributed by atoms with Crippen molar-refractivity contribution in [2.24, 2.45) is 5.92 Å².